The van der Waals surface area contributed by atoms with Crippen molar-refractivity contribution in [2.45, 2.75) is 52.1 Å². The molecular weight excluding hydrogens is 134 g/mol. The van der Waals surface area contributed by atoms with Crippen LogP contribution < -0.4 is 5.32 Å². The molecule has 1 N–H and O–H groups in total. The molecular formula is C10H19N. The topological polar surface area (TPSA) is 12.0 Å². The Labute approximate surface area is 69.6 Å². The lowest BCUT2D eigenvalue weighted by Crippen LogP contribution is -2.35. The molecule has 0 aromatic carbocycles. The van der Waals surface area contributed by atoms with Gasteiger partial charge in [0, 0.05) is 12.1 Å². The molecule has 0 heterocycles. The molecule has 0 spiro atoms. The van der Waals surface area contributed by atoms with Crippen molar-refractivity contribution in [3.63, 3.8) is 0 Å². The van der Waals surface area contributed by atoms with E-state index in [9.17, 15) is 0 Å². The minimum atomic E-state index is 0.655. The quantitative estimate of drug-likeness (QED) is 0.655. The van der Waals surface area contributed by atoms with Gasteiger partial charge in [-0.1, -0.05) is 13.8 Å². The maximum atomic E-state index is 3.71. The summed E-state index contributed by atoms with van der Waals surface area (Å²) in [5.74, 6) is 0.944. The Morgan fingerprint density at radius 3 is 2.36 bits per heavy atom. The largest absolute Gasteiger partial charge is 0.311 e. The molecule has 0 amide bonds. The molecule has 2 rings (SSSR count). The van der Waals surface area contributed by atoms with Crippen molar-refractivity contribution in [1.82, 2.24) is 5.32 Å². The fraction of sp³-hybridized carbons (Fsp3) is 1.00. The van der Waals surface area contributed by atoms with Gasteiger partial charge in [0.1, 0.15) is 0 Å². The summed E-state index contributed by atoms with van der Waals surface area (Å²) in [6, 6.07) is 1.60. The Balaban J connectivity index is 1.78. The second kappa shape index (κ2) is 2.22. The Kier molecular flexibility index (Phi) is 1.54. The Hall–Kier alpha value is -0.0400. The van der Waals surface area contributed by atoms with Crippen molar-refractivity contribution in [2.75, 3.05) is 0 Å². The van der Waals surface area contributed by atoms with E-state index < -0.39 is 0 Å². The highest BCUT2D eigenvalue weighted by Gasteiger charge is 2.45. The molecule has 1 heteroatoms. The lowest BCUT2D eigenvalue weighted by molar-refractivity contribution is 0.373. The van der Waals surface area contributed by atoms with E-state index in [-0.39, 0.29) is 0 Å². The zero-order valence-electron chi connectivity index (χ0n) is 7.85. The summed E-state index contributed by atoms with van der Waals surface area (Å²) in [5, 5.41) is 3.71. The second-order valence-electron chi connectivity index (χ2n) is 4.86. The summed E-state index contributed by atoms with van der Waals surface area (Å²) in [6.07, 6.45) is 4.27. The van der Waals surface area contributed by atoms with Gasteiger partial charge in [0.15, 0.2) is 0 Å². The molecule has 2 fully saturated rings. The van der Waals surface area contributed by atoms with Crippen molar-refractivity contribution < 1.29 is 0 Å². The number of hydrogen-bond donors (Lipinski definition) is 1. The molecule has 0 radical (unpaired) electrons. The van der Waals surface area contributed by atoms with Crippen LogP contribution in [0, 0.1) is 11.3 Å². The van der Waals surface area contributed by atoms with Gasteiger partial charge in [-0.3, -0.25) is 0 Å². The summed E-state index contributed by atoms with van der Waals surface area (Å²) < 4.78 is 0. The van der Waals surface area contributed by atoms with Gasteiger partial charge >= 0.3 is 0 Å². The first-order chi connectivity index (χ1) is 5.12. The van der Waals surface area contributed by atoms with Crippen LogP contribution in [0.15, 0.2) is 0 Å². The lowest BCUT2D eigenvalue weighted by atomic mass is 10.0. The van der Waals surface area contributed by atoms with E-state index in [2.05, 4.69) is 26.1 Å². The molecule has 3 unspecified atom stereocenters. The zero-order chi connectivity index (χ0) is 8.06. The van der Waals surface area contributed by atoms with Crippen molar-refractivity contribution in [3.8, 4) is 0 Å². The molecule has 0 saturated heterocycles. The molecule has 3 atom stereocenters. The molecule has 2 saturated carbocycles. The predicted molar refractivity (Wildman–Crippen MR) is 47.5 cm³/mol. The molecule has 2 aliphatic carbocycles. The van der Waals surface area contributed by atoms with Crippen LogP contribution in [0.2, 0.25) is 0 Å². The van der Waals surface area contributed by atoms with Crippen LogP contribution in [0.5, 0.6) is 0 Å². The molecule has 2 aliphatic rings. The predicted octanol–water partition coefficient (Wildman–Crippen LogP) is 2.17. The molecule has 64 valence electrons. The summed E-state index contributed by atoms with van der Waals surface area (Å²) in [7, 11) is 0. The molecule has 11 heavy (non-hydrogen) atoms. The molecule has 0 bridgehead atoms. The van der Waals surface area contributed by atoms with Gasteiger partial charge < -0.3 is 5.32 Å². The van der Waals surface area contributed by atoms with Crippen LogP contribution in [-0.2, 0) is 0 Å². The van der Waals surface area contributed by atoms with Crippen LogP contribution in [0.3, 0.4) is 0 Å². The highest BCUT2D eigenvalue weighted by atomic mass is 15.0. The van der Waals surface area contributed by atoms with Crippen molar-refractivity contribution in [1.29, 1.82) is 0 Å². The van der Waals surface area contributed by atoms with Gasteiger partial charge in [0.05, 0.1) is 0 Å². The SMILES string of the molecule is CC1CC1NC(C)C1(C)CC1. The third-order valence-corrected chi connectivity index (χ3v) is 3.66. The van der Waals surface area contributed by atoms with Gasteiger partial charge in [-0.2, -0.15) is 0 Å². The molecule has 1 nitrogen and oxygen atoms in total. The standard InChI is InChI=1S/C10H19N/c1-7-6-9(7)11-8(2)10(3)4-5-10/h7-9,11H,4-6H2,1-3H3. The van der Waals surface area contributed by atoms with Crippen LogP contribution in [0.1, 0.15) is 40.0 Å². The first-order valence-electron chi connectivity index (χ1n) is 4.88. The minimum absolute atomic E-state index is 0.655. The normalized spacial score (nSPS) is 41.7. The maximum Gasteiger partial charge on any atom is 0.00990 e. The zero-order valence-corrected chi connectivity index (χ0v) is 7.85. The number of hydrogen-bond acceptors (Lipinski definition) is 1. The van der Waals surface area contributed by atoms with Gasteiger partial charge in [-0.25, -0.2) is 0 Å². The fourth-order valence-electron chi connectivity index (χ4n) is 1.71. The summed E-state index contributed by atoms with van der Waals surface area (Å²) in [6.45, 7) is 7.08. The monoisotopic (exact) mass is 153 g/mol. The van der Waals surface area contributed by atoms with E-state index >= 15 is 0 Å². The summed E-state index contributed by atoms with van der Waals surface area (Å²) in [5.41, 5.74) is 0.655. The van der Waals surface area contributed by atoms with Gasteiger partial charge in [0.25, 0.3) is 0 Å². The van der Waals surface area contributed by atoms with Crippen LogP contribution in [-0.4, -0.2) is 12.1 Å². The Bertz CT molecular complexity index is 160. The summed E-state index contributed by atoms with van der Waals surface area (Å²) in [4.78, 5) is 0. The van der Waals surface area contributed by atoms with Gasteiger partial charge in [-0.05, 0) is 37.5 Å². The highest BCUT2D eigenvalue weighted by Crippen LogP contribution is 2.48. The van der Waals surface area contributed by atoms with Crippen molar-refractivity contribution >= 4 is 0 Å². The number of nitrogens with one attached hydrogen (secondary N) is 1. The smallest absolute Gasteiger partial charge is 0.00990 e. The van der Waals surface area contributed by atoms with Gasteiger partial charge in [-0.15, -0.1) is 0 Å². The van der Waals surface area contributed by atoms with Crippen LogP contribution >= 0.6 is 0 Å². The third-order valence-electron chi connectivity index (χ3n) is 3.66. The maximum absolute atomic E-state index is 3.71. The van der Waals surface area contributed by atoms with Crippen LogP contribution in [0.4, 0.5) is 0 Å². The van der Waals surface area contributed by atoms with E-state index in [1.807, 2.05) is 0 Å². The van der Waals surface area contributed by atoms with E-state index in [1.165, 1.54) is 19.3 Å². The van der Waals surface area contributed by atoms with E-state index in [0.717, 1.165) is 18.0 Å². The third kappa shape index (κ3) is 1.44. The number of rotatable bonds is 3. The highest BCUT2D eigenvalue weighted by molar-refractivity contribution is 5.01. The molecule has 0 aliphatic heterocycles. The van der Waals surface area contributed by atoms with Gasteiger partial charge in [0.2, 0.25) is 0 Å². The van der Waals surface area contributed by atoms with Crippen molar-refractivity contribution in [2.24, 2.45) is 11.3 Å². The second-order valence-corrected chi connectivity index (χ2v) is 4.86. The van der Waals surface area contributed by atoms with E-state index in [1.54, 1.807) is 0 Å². The minimum Gasteiger partial charge on any atom is -0.311 e. The lowest BCUT2D eigenvalue weighted by Gasteiger charge is -2.20. The summed E-state index contributed by atoms with van der Waals surface area (Å²) >= 11 is 0. The Morgan fingerprint density at radius 1 is 1.45 bits per heavy atom. The van der Waals surface area contributed by atoms with Crippen molar-refractivity contribution in [3.05, 3.63) is 0 Å². The average molecular weight is 153 g/mol. The molecule has 0 aromatic heterocycles. The first kappa shape index (κ1) is 7.60. The molecule has 0 aromatic rings. The fourth-order valence-corrected chi connectivity index (χ4v) is 1.71. The van der Waals surface area contributed by atoms with E-state index in [4.69, 9.17) is 0 Å². The Morgan fingerprint density at radius 2 is 2.00 bits per heavy atom. The van der Waals surface area contributed by atoms with Crippen LogP contribution in [0.25, 0.3) is 0 Å². The average Bonchev–Trinajstić information content (AvgIpc) is 2.77. The first-order valence-corrected chi connectivity index (χ1v) is 4.88. The van der Waals surface area contributed by atoms with E-state index in [0.29, 0.717) is 5.41 Å².